The van der Waals surface area contributed by atoms with Crippen LogP contribution in [0.1, 0.15) is 32.6 Å². The lowest BCUT2D eigenvalue weighted by Gasteiger charge is -2.36. The number of benzene rings is 2. The van der Waals surface area contributed by atoms with Gasteiger partial charge in [-0.3, -0.25) is 14.5 Å². The molecule has 2 heterocycles. The minimum Gasteiger partial charge on any atom is -0.338 e. The summed E-state index contributed by atoms with van der Waals surface area (Å²) in [6.45, 7) is 1.68. The number of aromatic nitrogens is 2. The summed E-state index contributed by atoms with van der Waals surface area (Å²) in [7, 11) is 0. The summed E-state index contributed by atoms with van der Waals surface area (Å²) < 4.78 is 0. The van der Waals surface area contributed by atoms with Gasteiger partial charge in [0.05, 0.1) is 11.0 Å². The highest BCUT2D eigenvalue weighted by atomic mass is 16.2. The van der Waals surface area contributed by atoms with E-state index in [-0.39, 0.29) is 18.4 Å². The van der Waals surface area contributed by atoms with Gasteiger partial charge in [0.1, 0.15) is 17.9 Å². The average molecular weight is 431 g/mol. The number of imidazole rings is 1. The highest BCUT2D eigenvalue weighted by molar-refractivity contribution is 6.10. The van der Waals surface area contributed by atoms with Crippen molar-refractivity contribution in [3.05, 3.63) is 48.5 Å². The van der Waals surface area contributed by atoms with E-state index in [0.717, 1.165) is 40.8 Å². The summed E-state index contributed by atoms with van der Waals surface area (Å²) in [5.74, 6) is 0.0440. The summed E-state index contributed by atoms with van der Waals surface area (Å²) in [5.41, 5.74) is 2.32. The van der Waals surface area contributed by atoms with E-state index in [1.165, 1.54) is 0 Å². The van der Waals surface area contributed by atoms with E-state index in [9.17, 15) is 14.4 Å². The summed E-state index contributed by atoms with van der Waals surface area (Å²) in [5, 5.41) is 5.68. The maximum absolute atomic E-state index is 13.1. The zero-order chi connectivity index (χ0) is 22.3. The third-order valence-electron chi connectivity index (χ3n) is 6.61. The number of amides is 4. The molecule has 2 aliphatic rings. The lowest BCUT2D eigenvalue weighted by Crippen LogP contribution is -2.54. The molecule has 2 atom stereocenters. The molecule has 3 N–H and O–H groups in total. The van der Waals surface area contributed by atoms with E-state index in [2.05, 4.69) is 20.6 Å². The molecule has 8 heteroatoms. The molecule has 164 valence electrons. The van der Waals surface area contributed by atoms with Crippen LogP contribution in [0, 0.1) is 5.92 Å². The number of hydrogen-bond donors (Lipinski definition) is 3. The van der Waals surface area contributed by atoms with Gasteiger partial charge in [-0.15, -0.1) is 0 Å². The first-order chi connectivity index (χ1) is 15.5. The van der Waals surface area contributed by atoms with Crippen molar-refractivity contribution in [1.29, 1.82) is 0 Å². The number of aromatic amines is 1. The Morgan fingerprint density at radius 2 is 2.03 bits per heavy atom. The fraction of sp³-hybridized carbons (Fsp3) is 0.333. The van der Waals surface area contributed by atoms with Gasteiger partial charge in [-0.25, -0.2) is 9.78 Å². The first-order valence-corrected chi connectivity index (χ1v) is 11.0. The van der Waals surface area contributed by atoms with Gasteiger partial charge in [0.2, 0.25) is 5.91 Å². The zero-order valence-electron chi connectivity index (χ0n) is 17.9. The van der Waals surface area contributed by atoms with Crippen molar-refractivity contribution in [2.45, 2.75) is 38.1 Å². The molecule has 2 aromatic carbocycles. The molecule has 32 heavy (non-hydrogen) atoms. The third-order valence-corrected chi connectivity index (χ3v) is 6.61. The Morgan fingerprint density at radius 3 is 2.84 bits per heavy atom. The minimum absolute atomic E-state index is 0.0567. The number of urea groups is 1. The molecule has 2 fully saturated rings. The zero-order valence-corrected chi connectivity index (χ0v) is 17.9. The van der Waals surface area contributed by atoms with Crippen molar-refractivity contribution in [3.8, 4) is 11.4 Å². The van der Waals surface area contributed by atoms with Crippen LogP contribution in [0.15, 0.2) is 48.5 Å². The number of H-pyrrole nitrogens is 1. The Balaban J connectivity index is 1.30. The van der Waals surface area contributed by atoms with E-state index in [1.54, 1.807) is 6.07 Å². The number of nitrogens with one attached hydrogen (secondary N) is 3. The van der Waals surface area contributed by atoms with Crippen molar-refractivity contribution >= 4 is 34.6 Å². The number of nitrogens with zero attached hydrogens (tertiary/aromatic N) is 2. The molecule has 1 spiro atoms. The highest BCUT2D eigenvalue weighted by Gasteiger charge is 2.55. The number of para-hydroxylation sites is 2. The standard InChI is InChI=1S/C24H25N5O3/c1-15-7-4-5-12-24(15)22(31)29(23(32)28-24)14-20(30)25-17-9-6-8-16(13-17)21-26-18-10-2-3-11-19(18)27-21/h2-3,6,8-11,13,15H,4-5,7,12,14H2,1H3,(H,25,30)(H,26,27)(H,28,32). The molecule has 1 aliphatic heterocycles. The highest BCUT2D eigenvalue weighted by Crippen LogP contribution is 2.38. The second-order valence-electron chi connectivity index (χ2n) is 8.67. The predicted octanol–water partition coefficient (Wildman–Crippen LogP) is 3.67. The third kappa shape index (κ3) is 3.41. The van der Waals surface area contributed by atoms with Gasteiger partial charge in [0, 0.05) is 11.3 Å². The van der Waals surface area contributed by atoms with Crippen LogP contribution >= 0.6 is 0 Å². The number of anilines is 1. The fourth-order valence-corrected chi connectivity index (χ4v) is 4.82. The largest absolute Gasteiger partial charge is 0.338 e. The molecule has 1 aliphatic carbocycles. The van der Waals surface area contributed by atoms with Gasteiger partial charge in [-0.2, -0.15) is 0 Å². The van der Waals surface area contributed by atoms with Gasteiger partial charge in [-0.1, -0.05) is 44.0 Å². The van der Waals surface area contributed by atoms with Crippen molar-refractivity contribution in [2.75, 3.05) is 11.9 Å². The molecule has 0 bridgehead atoms. The smallest absolute Gasteiger partial charge is 0.325 e. The molecular weight excluding hydrogens is 406 g/mol. The lowest BCUT2D eigenvalue weighted by molar-refractivity contribution is -0.136. The molecule has 1 aromatic heterocycles. The lowest BCUT2D eigenvalue weighted by atomic mass is 9.73. The van der Waals surface area contributed by atoms with E-state index in [4.69, 9.17) is 0 Å². The second kappa shape index (κ2) is 7.78. The topological polar surface area (TPSA) is 107 Å². The van der Waals surface area contributed by atoms with Crippen molar-refractivity contribution < 1.29 is 14.4 Å². The first-order valence-electron chi connectivity index (χ1n) is 11.0. The molecule has 1 saturated heterocycles. The van der Waals surface area contributed by atoms with Crippen LogP contribution in [0.3, 0.4) is 0 Å². The number of hydrogen-bond acceptors (Lipinski definition) is 4. The maximum Gasteiger partial charge on any atom is 0.325 e. The van der Waals surface area contributed by atoms with Crippen molar-refractivity contribution in [2.24, 2.45) is 5.92 Å². The average Bonchev–Trinajstić information content (AvgIpc) is 3.32. The summed E-state index contributed by atoms with van der Waals surface area (Å²) in [4.78, 5) is 47.2. The molecule has 1 saturated carbocycles. The molecule has 0 radical (unpaired) electrons. The second-order valence-corrected chi connectivity index (χ2v) is 8.67. The van der Waals surface area contributed by atoms with E-state index < -0.39 is 17.5 Å². The van der Waals surface area contributed by atoms with Gasteiger partial charge in [0.25, 0.3) is 5.91 Å². The Labute approximate surface area is 185 Å². The van der Waals surface area contributed by atoms with Gasteiger partial charge >= 0.3 is 6.03 Å². The minimum atomic E-state index is -0.864. The van der Waals surface area contributed by atoms with E-state index in [1.807, 2.05) is 49.4 Å². The van der Waals surface area contributed by atoms with Crippen molar-refractivity contribution in [3.63, 3.8) is 0 Å². The van der Waals surface area contributed by atoms with Crippen molar-refractivity contribution in [1.82, 2.24) is 20.2 Å². The summed E-state index contributed by atoms with van der Waals surface area (Å²) in [6.07, 6.45) is 3.45. The first kappa shape index (κ1) is 20.2. The van der Waals surface area contributed by atoms with Crippen LogP contribution in [0.5, 0.6) is 0 Å². The summed E-state index contributed by atoms with van der Waals surface area (Å²) in [6, 6.07) is 14.6. The van der Waals surface area contributed by atoms with Crippen LogP contribution in [-0.4, -0.2) is 44.8 Å². The number of fused-ring (bicyclic) bond motifs is 1. The maximum atomic E-state index is 13.1. The monoisotopic (exact) mass is 431 g/mol. The van der Waals surface area contributed by atoms with Crippen LogP contribution in [0.4, 0.5) is 10.5 Å². The SMILES string of the molecule is CC1CCCCC12NC(=O)N(CC(=O)Nc1cccc(-c3nc4ccccc4[nH]3)c1)C2=O. The fourth-order valence-electron chi connectivity index (χ4n) is 4.82. The van der Waals surface area contributed by atoms with Gasteiger partial charge in [-0.05, 0) is 43.0 Å². The number of imide groups is 1. The van der Waals surface area contributed by atoms with Crippen LogP contribution < -0.4 is 10.6 Å². The number of rotatable bonds is 4. The normalized spacial score (nSPS) is 23.0. The Hall–Kier alpha value is -3.68. The van der Waals surface area contributed by atoms with Gasteiger partial charge < -0.3 is 15.6 Å². The van der Waals surface area contributed by atoms with Gasteiger partial charge in [0.15, 0.2) is 0 Å². The molecule has 5 rings (SSSR count). The Bertz CT molecular complexity index is 1190. The quantitative estimate of drug-likeness (QED) is 0.548. The van der Waals surface area contributed by atoms with E-state index in [0.29, 0.717) is 17.9 Å². The Kier molecular flexibility index (Phi) is 4.92. The molecule has 4 amide bonds. The van der Waals surface area contributed by atoms with E-state index >= 15 is 0 Å². The molecular formula is C24H25N5O3. The Morgan fingerprint density at radius 1 is 1.19 bits per heavy atom. The van der Waals surface area contributed by atoms with Crippen LogP contribution in [0.2, 0.25) is 0 Å². The molecule has 2 unspecified atom stereocenters. The number of carbonyl (C=O) groups excluding carboxylic acids is 3. The number of carbonyl (C=O) groups is 3. The predicted molar refractivity (Wildman–Crippen MR) is 121 cm³/mol. The molecule has 3 aromatic rings. The summed E-state index contributed by atoms with van der Waals surface area (Å²) >= 11 is 0. The molecule has 8 nitrogen and oxygen atoms in total. The van der Waals surface area contributed by atoms with Crippen LogP contribution in [-0.2, 0) is 9.59 Å². The van der Waals surface area contributed by atoms with Crippen LogP contribution in [0.25, 0.3) is 22.4 Å².